The first-order chi connectivity index (χ1) is 14.5. The van der Waals surface area contributed by atoms with E-state index in [-0.39, 0.29) is 57.9 Å². The number of morpholine rings is 1. The van der Waals surface area contributed by atoms with E-state index in [4.69, 9.17) is 27.9 Å². The van der Waals surface area contributed by atoms with Gasteiger partial charge in [-0.2, -0.15) is 4.31 Å². The third-order valence-electron chi connectivity index (χ3n) is 4.99. The summed E-state index contributed by atoms with van der Waals surface area (Å²) >= 11 is 12.2. The lowest BCUT2D eigenvalue weighted by Crippen LogP contribution is -2.48. The van der Waals surface area contributed by atoms with E-state index in [0.29, 0.717) is 0 Å². The first kappa shape index (κ1) is 23.9. The van der Waals surface area contributed by atoms with Gasteiger partial charge in [0.1, 0.15) is 10.7 Å². The molecule has 2 aromatic carbocycles. The SMILES string of the molecule is CC1CN(S(=O)(=O)c2cc(C(=O)N(C)Cc3c(F)cccc3Cl)ccc2Cl)CC(C)O1. The number of sulfonamides is 1. The summed E-state index contributed by atoms with van der Waals surface area (Å²) in [6, 6.07) is 8.34. The third-order valence-corrected chi connectivity index (χ3v) is 7.65. The van der Waals surface area contributed by atoms with Gasteiger partial charge in [0.25, 0.3) is 5.91 Å². The first-order valence-electron chi connectivity index (χ1n) is 9.64. The Bertz CT molecular complexity index is 1070. The standard InChI is InChI=1S/C21H23Cl2FN2O4S/c1-13-10-26(11-14(2)30-13)31(28,29)20-9-15(7-8-18(20)23)21(27)25(3)12-16-17(22)5-4-6-19(16)24/h4-9,13-14H,10-12H2,1-3H3. The number of ether oxygens (including phenoxy) is 1. The number of benzene rings is 2. The van der Waals surface area contributed by atoms with E-state index in [1.165, 1.54) is 52.7 Å². The molecule has 1 aliphatic rings. The second-order valence-corrected chi connectivity index (χ2v) is 10.3. The molecule has 1 amide bonds. The summed E-state index contributed by atoms with van der Waals surface area (Å²) in [7, 11) is -2.46. The summed E-state index contributed by atoms with van der Waals surface area (Å²) in [4.78, 5) is 14.0. The number of amides is 1. The van der Waals surface area contributed by atoms with Crippen molar-refractivity contribution in [1.82, 2.24) is 9.21 Å². The molecule has 1 aliphatic heterocycles. The van der Waals surface area contributed by atoms with Gasteiger partial charge in [-0.1, -0.05) is 29.3 Å². The predicted octanol–water partition coefficient (Wildman–Crippen LogP) is 4.20. The van der Waals surface area contributed by atoms with Gasteiger partial charge in [0, 0.05) is 42.8 Å². The fourth-order valence-corrected chi connectivity index (χ4v) is 5.83. The van der Waals surface area contributed by atoms with Crippen LogP contribution < -0.4 is 0 Å². The van der Waals surface area contributed by atoms with Crippen LogP contribution >= 0.6 is 23.2 Å². The van der Waals surface area contributed by atoms with Crippen LogP contribution in [0.1, 0.15) is 29.8 Å². The van der Waals surface area contributed by atoms with Crippen molar-refractivity contribution in [2.45, 2.75) is 37.5 Å². The van der Waals surface area contributed by atoms with E-state index in [1.54, 1.807) is 13.8 Å². The summed E-state index contributed by atoms with van der Waals surface area (Å²) < 4.78 is 47.4. The fraction of sp³-hybridized carbons (Fsp3) is 0.381. The maximum atomic E-state index is 14.1. The molecule has 3 rings (SSSR count). The van der Waals surface area contributed by atoms with Crippen molar-refractivity contribution < 1.29 is 22.3 Å². The van der Waals surface area contributed by atoms with Crippen LogP contribution in [0.25, 0.3) is 0 Å². The number of hydrogen-bond acceptors (Lipinski definition) is 4. The Labute approximate surface area is 191 Å². The van der Waals surface area contributed by atoms with E-state index in [2.05, 4.69) is 0 Å². The van der Waals surface area contributed by atoms with Gasteiger partial charge < -0.3 is 9.64 Å². The molecule has 1 saturated heterocycles. The molecule has 0 bridgehead atoms. The predicted molar refractivity (Wildman–Crippen MR) is 117 cm³/mol. The molecule has 2 atom stereocenters. The van der Waals surface area contributed by atoms with Gasteiger partial charge >= 0.3 is 0 Å². The monoisotopic (exact) mass is 488 g/mol. The molecule has 0 radical (unpaired) electrons. The lowest BCUT2D eigenvalue weighted by Gasteiger charge is -2.34. The molecule has 168 valence electrons. The van der Waals surface area contributed by atoms with E-state index in [1.807, 2.05) is 0 Å². The lowest BCUT2D eigenvalue weighted by molar-refractivity contribution is -0.0440. The van der Waals surface area contributed by atoms with Crippen molar-refractivity contribution in [2.24, 2.45) is 0 Å². The molecule has 1 heterocycles. The lowest BCUT2D eigenvalue weighted by atomic mass is 10.1. The smallest absolute Gasteiger partial charge is 0.253 e. The van der Waals surface area contributed by atoms with Gasteiger partial charge in [-0.3, -0.25) is 4.79 Å². The highest BCUT2D eigenvalue weighted by molar-refractivity contribution is 7.89. The minimum Gasteiger partial charge on any atom is -0.373 e. The minimum absolute atomic E-state index is 0.0168. The van der Waals surface area contributed by atoms with Crippen molar-refractivity contribution in [2.75, 3.05) is 20.1 Å². The first-order valence-corrected chi connectivity index (χ1v) is 11.8. The molecule has 2 unspecified atom stereocenters. The van der Waals surface area contributed by atoms with Crippen LogP contribution in [0, 0.1) is 5.82 Å². The summed E-state index contributed by atoms with van der Waals surface area (Å²) in [5.74, 6) is -1.02. The van der Waals surface area contributed by atoms with Gasteiger partial charge in [0.2, 0.25) is 10.0 Å². The van der Waals surface area contributed by atoms with Gasteiger partial charge in [-0.25, -0.2) is 12.8 Å². The number of carbonyl (C=O) groups is 1. The molecule has 10 heteroatoms. The average molecular weight is 489 g/mol. The van der Waals surface area contributed by atoms with Crippen molar-refractivity contribution in [3.05, 3.63) is 63.4 Å². The van der Waals surface area contributed by atoms with Gasteiger partial charge in [0.05, 0.1) is 17.2 Å². The Hall–Kier alpha value is -1.71. The molecular weight excluding hydrogens is 466 g/mol. The number of hydrogen-bond donors (Lipinski definition) is 0. The van der Waals surface area contributed by atoms with E-state index in [0.717, 1.165) is 0 Å². The quantitative estimate of drug-likeness (QED) is 0.632. The Morgan fingerprint density at radius 3 is 2.42 bits per heavy atom. The van der Waals surface area contributed by atoms with Crippen LogP contribution in [0.4, 0.5) is 4.39 Å². The average Bonchev–Trinajstić information content (AvgIpc) is 2.69. The Kier molecular flexibility index (Phi) is 7.28. The molecule has 0 spiro atoms. The van der Waals surface area contributed by atoms with Crippen LogP contribution in [0.3, 0.4) is 0 Å². The maximum Gasteiger partial charge on any atom is 0.253 e. The second-order valence-electron chi connectivity index (χ2n) is 7.59. The molecule has 0 saturated carbocycles. The van der Waals surface area contributed by atoms with Crippen molar-refractivity contribution in [3.8, 4) is 0 Å². The highest BCUT2D eigenvalue weighted by Gasteiger charge is 2.34. The van der Waals surface area contributed by atoms with E-state index in [9.17, 15) is 17.6 Å². The van der Waals surface area contributed by atoms with Crippen LogP contribution in [0.5, 0.6) is 0 Å². The summed E-state index contributed by atoms with van der Waals surface area (Å²) in [6.07, 6.45) is -0.530. The fourth-order valence-electron chi connectivity index (χ4n) is 3.51. The molecule has 2 aromatic rings. The zero-order chi connectivity index (χ0) is 22.9. The van der Waals surface area contributed by atoms with Crippen LogP contribution in [0.2, 0.25) is 10.0 Å². The highest BCUT2D eigenvalue weighted by atomic mass is 35.5. The van der Waals surface area contributed by atoms with Crippen molar-refractivity contribution >= 4 is 39.1 Å². The van der Waals surface area contributed by atoms with Gasteiger partial charge in [-0.05, 0) is 44.2 Å². The Balaban J connectivity index is 1.88. The molecule has 0 aliphatic carbocycles. The number of halogens is 3. The van der Waals surface area contributed by atoms with Crippen molar-refractivity contribution in [1.29, 1.82) is 0 Å². The zero-order valence-electron chi connectivity index (χ0n) is 17.3. The summed E-state index contributed by atoms with van der Waals surface area (Å²) in [5, 5.41) is 0.220. The largest absolute Gasteiger partial charge is 0.373 e. The molecule has 1 fully saturated rings. The van der Waals surface area contributed by atoms with Crippen LogP contribution in [-0.4, -0.2) is 55.9 Å². The highest BCUT2D eigenvalue weighted by Crippen LogP contribution is 2.29. The van der Waals surface area contributed by atoms with Crippen LogP contribution in [-0.2, 0) is 21.3 Å². The number of nitrogens with zero attached hydrogens (tertiary/aromatic N) is 2. The van der Waals surface area contributed by atoms with Gasteiger partial charge in [-0.15, -0.1) is 0 Å². The van der Waals surface area contributed by atoms with Crippen LogP contribution in [0.15, 0.2) is 41.3 Å². The summed E-state index contributed by atoms with van der Waals surface area (Å²) in [5.41, 5.74) is 0.297. The second kappa shape index (κ2) is 9.42. The molecule has 6 nitrogen and oxygen atoms in total. The van der Waals surface area contributed by atoms with E-state index < -0.39 is 21.7 Å². The minimum atomic E-state index is -3.94. The molecular formula is C21H23Cl2FN2O4S. The maximum absolute atomic E-state index is 14.1. The summed E-state index contributed by atoms with van der Waals surface area (Å²) in [6.45, 7) is 3.89. The topological polar surface area (TPSA) is 66.9 Å². The van der Waals surface area contributed by atoms with E-state index >= 15 is 0 Å². The molecule has 0 N–H and O–H groups in total. The zero-order valence-corrected chi connectivity index (χ0v) is 19.6. The molecule has 31 heavy (non-hydrogen) atoms. The van der Waals surface area contributed by atoms with Crippen molar-refractivity contribution in [3.63, 3.8) is 0 Å². The number of carbonyl (C=O) groups excluding carboxylic acids is 1. The Morgan fingerprint density at radius 2 is 1.81 bits per heavy atom. The molecule has 0 aromatic heterocycles. The number of rotatable bonds is 5. The van der Waals surface area contributed by atoms with Gasteiger partial charge in [0.15, 0.2) is 0 Å². The Morgan fingerprint density at radius 1 is 1.16 bits per heavy atom. The normalized spacial score (nSPS) is 19.9. The third kappa shape index (κ3) is 5.21.